The van der Waals surface area contributed by atoms with Crippen LogP contribution in [0.1, 0.15) is 0 Å². The van der Waals surface area contributed by atoms with Gasteiger partial charge in [0.05, 0.1) is 40.9 Å². The molecular formula is C15H14ClN3O5S. The molecule has 0 spiro atoms. The van der Waals surface area contributed by atoms with Crippen molar-refractivity contribution in [2.45, 2.75) is 4.90 Å². The van der Waals surface area contributed by atoms with Gasteiger partial charge in [0.2, 0.25) is 0 Å². The van der Waals surface area contributed by atoms with E-state index in [1.54, 1.807) is 0 Å². The Labute approximate surface area is 147 Å². The second-order valence-electron chi connectivity index (χ2n) is 5.08. The van der Waals surface area contributed by atoms with E-state index in [9.17, 15) is 13.2 Å². The van der Waals surface area contributed by atoms with Crippen LogP contribution in [0.5, 0.6) is 11.5 Å². The molecule has 3 rings (SSSR count). The van der Waals surface area contributed by atoms with E-state index in [0.29, 0.717) is 16.8 Å². The quantitative estimate of drug-likeness (QED) is 0.625. The van der Waals surface area contributed by atoms with Crippen LogP contribution >= 0.6 is 11.6 Å². The summed E-state index contributed by atoms with van der Waals surface area (Å²) in [5.41, 5.74) is 0.638. The topological polar surface area (TPSA) is 113 Å². The minimum absolute atomic E-state index is 0.0238. The Balaban J connectivity index is 2.03. The Bertz CT molecular complexity index is 1100. The van der Waals surface area contributed by atoms with Crippen LogP contribution in [0.2, 0.25) is 5.02 Å². The predicted octanol–water partition coefficient (Wildman–Crippen LogP) is 2.33. The van der Waals surface area contributed by atoms with Crippen LogP contribution in [0.4, 0.5) is 5.69 Å². The first kappa shape index (κ1) is 17.2. The highest BCUT2D eigenvalue weighted by molar-refractivity contribution is 7.92. The summed E-state index contributed by atoms with van der Waals surface area (Å²) in [6.07, 6.45) is 0. The SMILES string of the molecule is COc1cc(OC)c(NS(=O)(=O)c2ccc3[nH]c(=O)[nH]c3c2)cc1Cl. The fraction of sp³-hybridized carbons (Fsp3) is 0.133. The molecule has 3 aromatic rings. The molecular weight excluding hydrogens is 370 g/mol. The zero-order chi connectivity index (χ0) is 18.2. The highest BCUT2D eigenvalue weighted by atomic mass is 35.5. The van der Waals surface area contributed by atoms with Crippen molar-refractivity contribution in [3.05, 3.63) is 45.8 Å². The lowest BCUT2D eigenvalue weighted by Crippen LogP contribution is -2.13. The Hall–Kier alpha value is -2.65. The molecule has 0 atom stereocenters. The number of hydrogen-bond acceptors (Lipinski definition) is 5. The largest absolute Gasteiger partial charge is 0.495 e. The maximum Gasteiger partial charge on any atom is 0.323 e. The molecule has 0 radical (unpaired) electrons. The standard InChI is InChI=1S/C15H14ClN3O5S/c1-23-13-7-14(24-2)12(6-9(13)16)19-25(21,22)8-3-4-10-11(5-8)18-15(20)17-10/h3-7,19H,1-2H3,(H2,17,18,20). The first-order valence-corrected chi connectivity index (χ1v) is 8.86. The molecule has 8 nitrogen and oxygen atoms in total. The molecule has 0 aliphatic heterocycles. The van der Waals surface area contributed by atoms with Gasteiger partial charge in [-0.1, -0.05) is 11.6 Å². The molecule has 0 amide bonds. The van der Waals surface area contributed by atoms with E-state index < -0.39 is 15.7 Å². The van der Waals surface area contributed by atoms with Crippen molar-refractivity contribution >= 4 is 38.3 Å². The highest BCUT2D eigenvalue weighted by Crippen LogP contribution is 2.37. The average molecular weight is 384 g/mol. The minimum atomic E-state index is -3.93. The molecule has 0 aliphatic rings. The summed E-state index contributed by atoms with van der Waals surface area (Å²) in [7, 11) is -1.09. The van der Waals surface area contributed by atoms with Gasteiger partial charge in [-0.15, -0.1) is 0 Å². The second-order valence-corrected chi connectivity index (χ2v) is 7.17. The maximum atomic E-state index is 12.6. The van der Waals surface area contributed by atoms with Gasteiger partial charge in [0.1, 0.15) is 11.5 Å². The number of H-pyrrole nitrogens is 2. The van der Waals surface area contributed by atoms with E-state index in [-0.39, 0.29) is 21.4 Å². The van der Waals surface area contributed by atoms with Gasteiger partial charge >= 0.3 is 5.69 Å². The lowest BCUT2D eigenvalue weighted by molar-refractivity contribution is 0.396. The van der Waals surface area contributed by atoms with Gasteiger partial charge in [0, 0.05) is 6.07 Å². The molecule has 0 unspecified atom stereocenters. The molecule has 1 aromatic heterocycles. The fourth-order valence-electron chi connectivity index (χ4n) is 2.32. The zero-order valence-electron chi connectivity index (χ0n) is 13.2. The number of anilines is 1. The average Bonchev–Trinajstić information content (AvgIpc) is 2.94. The van der Waals surface area contributed by atoms with Crippen LogP contribution in [0.15, 0.2) is 40.0 Å². The van der Waals surface area contributed by atoms with Crippen molar-refractivity contribution in [2.75, 3.05) is 18.9 Å². The summed E-state index contributed by atoms with van der Waals surface area (Å²) in [5, 5.41) is 0.228. The number of imidazole rings is 1. The third kappa shape index (κ3) is 3.28. The first-order chi connectivity index (χ1) is 11.8. The Kier molecular flexibility index (Phi) is 4.36. The summed E-state index contributed by atoms with van der Waals surface area (Å²) < 4.78 is 38.0. The van der Waals surface area contributed by atoms with Crippen LogP contribution in [0.3, 0.4) is 0 Å². The zero-order valence-corrected chi connectivity index (χ0v) is 14.8. The van der Waals surface area contributed by atoms with Crippen LogP contribution in [-0.2, 0) is 10.0 Å². The van der Waals surface area contributed by atoms with Crippen molar-refractivity contribution < 1.29 is 17.9 Å². The van der Waals surface area contributed by atoms with E-state index in [1.807, 2.05) is 0 Å². The van der Waals surface area contributed by atoms with E-state index in [2.05, 4.69) is 14.7 Å². The van der Waals surface area contributed by atoms with Gasteiger partial charge in [-0.3, -0.25) is 4.72 Å². The smallest absolute Gasteiger partial charge is 0.323 e. The number of rotatable bonds is 5. The molecule has 0 fully saturated rings. The minimum Gasteiger partial charge on any atom is -0.495 e. The number of halogens is 1. The number of aromatic nitrogens is 2. The van der Waals surface area contributed by atoms with Crippen LogP contribution in [-0.4, -0.2) is 32.6 Å². The third-order valence-electron chi connectivity index (χ3n) is 3.52. The predicted molar refractivity (Wildman–Crippen MR) is 94.3 cm³/mol. The number of hydrogen-bond donors (Lipinski definition) is 3. The van der Waals surface area contributed by atoms with Crippen molar-refractivity contribution in [1.82, 2.24) is 9.97 Å². The van der Waals surface area contributed by atoms with Crippen molar-refractivity contribution in [3.63, 3.8) is 0 Å². The van der Waals surface area contributed by atoms with Crippen LogP contribution < -0.4 is 19.9 Å². The third-order valence-corrected chi connectivity index (χ3v) is 5.17. The lowest BCUT2D eigenvalue weighted by atomic mass is 10.3. The number of nitrogens with one attached hydrogen (secondary N) is 3. The normalized spacial score (nSPS) is 11.5. The molecule has 25 heavy (non-hydrogen) atoms. The number of methoxy groups -OCH3 is 2. The second kappa shape index (κ2) is 6.34. The summed E-state index contributed by atoms with van der Waals surface area (Å²) in [6.45, 7) is 0. The number of aromatic amines is 2. The van der Waals surface area contributed by atoms with Gasteiger partial charge < -0.3 is 19.4 Å². The number of fused-ring (bicyclic) bond motifs is 1. The van der Waals surface area contributed by atoms with Gasteiger partial charge in [0.15, 0.2) is 0 Å². The van der Waals surface area contributed by atoms with E-state index in [0.717, 1.165) is 0 Å². The van der Waals surface area contributed by atoms with Gasteiger partial charge in [-0.25, -0.2) is 13.2 Å². The van der Waals surface area contributed by atoms with Gasteiger partial charge in [0.25, 0.3) is 10.0 Å². The molecule has 0 saturated heterocycles. The van der Waals surface area contributed by atoms with Gasteiger partial charge in [-0.2, -0.15) is 0 Å². The Morgan fingerprint density at radius 3 is 2.36 bits per heavy atom. The van der Waals surface area contributed by atoms with Crippen molar-refractivity contribution in [1.29, 1.82) is 0 Å². The molecule has 1 heterocycles. The van der Waals surface area contributed by atoms with E-state index in [1.165, 1.54) is 44.6 Å². The molecule has 0 aliphatic carbocycles. The summed E-state index contributed by atoms with van der Waals surface area (Å²) in [5.74, 6) is 0.605. The molecule has 10 heteroatoms. The van der Waals surface area contributed by atoms with E-state index >= 15 is 0 Å². The first-order valence-electron chi connectivity index (χ1n) is 7.00. The molecule has 2 aromatic carbocycles. The highest BCUT2D eigenvalue weighted by Gasteiger charge is 2.19. The summed E-state index contributed by atoms with van der Waals surface area (Å²) in [4.78, 5) is 16.3. The lowest BCUT2D eigenvalue weighted by Gasteiger charge is -2.14. The molecule has 0 bridgehead atoms. The van der Waals surface area contributed by atoms with Crippen LogP contribution in [0.25, 0.3) is 11.0 Å². The van der Waals surface area contributed by atoms with Crippen molar-refractivity contribution in [3.8, 4) is 11.5 Å². The fourth-order valence-corrected chi connectivity index (χ4v) is 3.65. The monoisotopic (exact) mass is 383 g/mol. The van der Waals surface area contributed by atoms with E-state index in [4.69, 9.17) is 21.1 Å². The molecule has 0 saturated carbocycles. The number of benzene rings is 2. The summed E-state index contributed by atoms with van der Waals surface area (Å²) >= 11 is 6.05. The van der Waals surface area contributed by atoms with Crippen LogP contribution in [0, 0.1) is 0 Å². The number of ether oxygens (including phenoxy) is 2. The number of sulfonamides is 1. The Morgan fingerprint density at radius 1 is 1.00 bits per heavy atom. The summed E-state index contributed by atoms with van der Waals surface area (Å²) in [6, 6.07) is 7.11. The van der Waals surface area contributed by atoms with Crippen molar-refractivity contribution in [2.24, 2.45) is 0 Å². The maximum absolute atomic E-state index is 12.6. The Morgan fingerprint density at radius 2 is 1.68 bits per heavy atom. The van der Waals surface area contributed by atoms with Gasteiger partial charge in [-0.05, 0) is 24.3 Å². The molecule has 3 N–H and O–H groups in total. The molecule has 132 valence electrons.